The number of carbonyl (C=O) groups excluding carboxylic acids is 3. The number of hydrogen-bond donors (Lipinski definition) is 2. The lowest BCUT2D eigenvalue weighted by molar-refractivity contribution is 0.0899. The Bertz CT molecular complexity index is 820. The quantitative estimate of drug-likeness (QED) is 0.778. The van der Waals surface area contributed by atoms with Crippen LogP contribution in [0.25, 0.3) is 0 Å². The van der Waals surface area contributed by atoms with Gasteiger partial charge in [-0.2, -0.15) is 0 Å². The third-order valence-electron chi connectivity index (χ3n) is 4.66. The van der Waals surface area contributed by atoms with E-state index in [1.54, 1.807) is 6.92 Å². The lowest BCUT2D eigenvalue weighted by atomic mass is 9.91. The van der Waals surface area contributed by atoms with E-state index in [0.717, 1.165) is 5.69 Å². The normalized spacial score (nSPS) is 24.3. The third kappa shape index (κ3) is 1.72. The number of nitrogens with one attached hydrogen (secondary N) is 1. The number of nitrogens with two attached hydrogens (primary N) is 1. The van der Waals surface area contributed by atoms with E-state index in [1.165, 1.54) is 7.11 Å². The molecule has 8 nitrogen and oxygen atoms in total. The summed E-state index contributed by atoms with van der Waals surface area (Å²) in [4.78, 5) is 36.4. The lowest BCUT2D eigenvalue weighted by Gasteiger charge is -2.17. The van der Waals surface area contributed by atoms with Gasteiger partial charge in [0, 0.05) is 29.4 Å². The van der Waals surface area contributed by atoms with Crippen LogP contribution in [0.5, 0.6) is 0 Å². The van der Waals surface area contributed by atoms with Crippen molar-refractivity contribution in [2.75, 3.05) is 7.11 Å². The summed E-state index contributed by atoms with van der Waals surface area (Å²) in [6.45, 7) is 2.06. The van der Waals surface area contributed by atoms with Crippen LogP contribution in [-0.4, -0.2) is 35.4 Å². The number of amides is 1. The Balaban J connectivity index is 1.91. The fourth-order valence-electron chi connectivity index (χ4n) is 3.61. The molecule has 3 aliphatic rings. The molecule has 23 heavy (non-hydrogen) atoms. The van der Waals surface area contributed by atoms with E-state index in [4.69, 9.17) is 15.2 Å². The van der Waals surface area contributed by atoms with Gasteiger partial charge in [-0.1, -0.05) is 0 Å². The molecule has 1 saturated heterocycles. The van der Waals surface area contributed by atoms with E-state index in [0.29, 0.717) is 23.4 Å². The van der Waals surface area contributed by atoms with E-state index in [-0.39, 0.29) is 41.6 Å². The van der Waals surface area contributed by atoms with Crippen molar-refractivity contribution in [2.45, 2.75) is 32.2 Å². The lowest BCUT2D eigenvalue weighted by Crippen LogP contribution is -2.25. The fourth-order valence-corrected chi connectivity index (χ4v) is 3.61. The first kappa shape index (κ1) is 14.0. The molecule has 0 bridgehead atoms. The van der Waals surface area contributed by atoms with Crippen LogP contribution in [0.4, 0.5) is 4.79 Å². The predicted molar refractivity (Wildman–Crippen MR) is 76.8 cm³/mol. The summed E-state index contributed by atoms with van der Waals surface area (Å²) in [5, 5.41) is 3.27. The standard InChI is InChI=1S/C15H15N3O5/c1-5-12(19)11-8(13(20)14(5)22-2)6(4-23-15(16)21)10-9-7(17-9)3-18(10)11/h7,9,17H,3-4H2,1-2H3,(H2,16,21)/t7-,9-/m1/s1. The van der Waals surface area contributed by atoms with Crippen molar-refractivity contribution in [3.8, 4) is 0 Å². The molecule has 4 rings (SSSR count). The van der Waals surface area contributed by atoms with Gasteiger partial charge in [-0.15, -0.1) is 0 Å². The molecule has 0 aromatic carbocycles. The summed E-state index contributed by atoms with van der Waals surface area (Å²) in [6, 6.07) is 0.345. The van der Waals surface area contributed by atoms with E-state index in [9.17, 15) is 14.4 Å². The second-order valence-electron chi connectivity index (χ2n) is 5.87. The zero-order valence-electron chi connectivity index (χ0n) is 12.6. The number of primary amides is 1. The Kier molecular flexibility index (Phi) is 2.71. The molecule has 1 fully saturated rings. The molecule has 3 N–H and O–H groups in total. The van der Waals surface area contributed by atoms with Crippen molar-refractivity contribution in [3.05, 3.63) is 33.8 Å². The highest BCUT2D eigenvalue weighted by atomic mass is 16.5. The van der Waals surface area contributed by atoms with Crippen LogP contribution in [0.1, 0.15) is 45.1 Å². The first-order chi connectivity index (χ1) is 11.0. The van der Waals surface area contributed by atoms with Gasteiger partial charge in [-0.25, -0.2) is 4.79 Å². The Hall–Kier alpha value is -2.61. The number of hydrogen-bond acceptors (Lipinski definition) is 6. The summed E-state index contributed by atoms with van der Waals surface area (Å²) >= 11 is 0. The maximum absolute atomic E-state index is 12.8. The summed E-state index contributed by atoms with van der Waals surface area (Å²) in [7, 11) is 1.36. The molecular weight excluding hydrogens is 302 g/mol. The van der Waals surface area contributed by atoms with E-state index >= 15 is 0 Å². The summed E-state index contributed by atoms with van der Waals surface area (Å²) < 4.78 is 11.9. The molecule has 1 aromatic rings. The fraction of sp³-hybridized carbons (Fsp3) is 0.400. The van der Waals surface area contributed by atoms with E-state index in [1.807, 2.05) is 4.57 Å². The average Bonchev–Trinajstić information content (AvgIpc) is 3.04. The molecule has 2 atom stereocenters. The van der Waals surface area contributed by atoms with Crippen molar-refractivity contribution in [1.29, 1.82) is 0 Å². The Morgan fingerprint density at radius 2 is 2.13 bits per heavy atom. The van der Waals surface area contributed by atoms with E-state index in [2.05, 4.69) is 5.32 Å². The van der Waals surface area contributed by atoms with Crippen LogP contribution < -0.4 is 11.1 Å². The number of fused-ring (bicyclic) bond motifs is 5. The molecule has 0 radical (unpaired) electrons. The van der Waals surface area contributed by atoms with Crippen LogP contribution >= 0.6 is 0 Å². The van der Waals surface area contributed by atoms with Crippen molar-refractivity contribution < 1.29 is 23.9 Å². The van der Waals surface area contributed by atoms with Crippen molar-refractivity contribution in [1.82, 2.24) is 9.88 Å². The Morgan fingerprint density at radius 1 is 1.39 bits per heavy atom. The number of methoxy groups -OCH3 is 1. The highest BCUT2D eigenvalue weighted by Gasteiger charge is 2.52. The number of ether oxygens (including phenoxy) is 2. The largest absolute Gasteiger partial charge is 0.492 e. The molecule has 1 aliphatic carbocycles. The minimum Gasteiger partial charge on any atom is -0.492 e. The molecule has 0 saturated carbocycles. The maximum Gasteiger partial charge on any atom is 0.404 e. The summed E-state index contributed by atoms with van der Waals surface area (Å²) in [5.74, 6) is -0.557. The average molecular weight is 317 g/mol. The predicted octanol–water partition coefficient (Wildman–Crippen LogP) is 0.409. The molecule has 1 aromatic heterocycles. The van der Waals surface area contributed by atoms with Gasteiger partial charge in [0.2, 0.25) is 11.6 Å². The number of nitrogens with zero attached hydrogens (tertiary/aromatic N) is 1. The third-order valence-corrected chi connectivity index (χ3v) is 4.66. The van der Waals surface area contributed by atoms with Crippen LogP contribution in [0.3, 0.4) is 0 Å². The van der Waals surface area contributed by atoms with Crippen LogP contribution in [0, 0.1) is 0 Å². The van der Waals surface area contributed by atoms with Crippen LogP contribution in [-0.2, 0) is 22.6 Å². The molecule has 8 heteroatoms. The van der Waals surface area contributed by atoms with Crippen molar-refractivity contribution in [2.24, 2.45) is 5.73 Å². The minimum absolute atomic E-state index is 0.0346. The molecule has 120 valence electrons. The first-order valence-electron chi connectivity index (χ1n) is 7.23. The van der Waals surface area contributed by atoms with Crippen molar-refractivity contribution in [3.63, 3.8) is 0 Å². The zero-order chi connectivity index (χ0) is 16.5. The van der Waals surface area contributed by atoms with Gasteiger partial charge in [-0.3, -0.25) is 9.59 Å². The van der Waals surface area contributed by atoms with Gasteiger partial charge >= 0.3 is 6.09 Å². The van der Waals surface area contributed by atoms with Gasteiger partial charge in [0.1, 0.15) is 12.3 Å². The SMILES string of the molecule is COC1=C(C)C(=O)c2c(c(COC(N)=O)c3n2C[C@H]2N[C@@H]32)C1=O. The van der Waals surface area contributed by atoms with Gasteiger partial charge in [-0.05, 0) is 6.92 Å². The molecular formula is C15H15N3O5. The first-order valence-corrected chi connectivity index (χ1v) is 7.23. The summed E-state index contributed by atoms with van der Waals surface area (Å²) in [6.07, 6.45) is -0.926. The smallest absolute Gasteiger partial charge is 0.404 e. The van der Waals surface area contributed by atoms with Gasteiger partial charge in [0.05, 0.1) is 18.7 Å². The Labute approximate surface area is 131 Å². The van der Waals surface area contributed by atoms with E-state index < -0.39 is 6.09 Å². The van der Waals surface area contributed by atoms with Gasteiger partial charge in [0.25, 0.3) is 0 Å². The van der Waals surface area contributed by atoms with Crippen LogP contribution in [0.15, 0.2) is 11.3 Å². The van der Waals surface area contributed by atoms with Gasteiger partial charge < -0.3 is 25.1 Å². The second-order valence-corrected chi connectivity index (χ2v) is 5.87. The second kappa shape index (κ2) is 4.45. The molecule has 2 aliphatic heterocycles. The maximum atomic E-state index is 12.8. The highest BCUT2D eigenvalue weighted by Crippen LogP contribution is 2.46. The molecule has 0 unspecified atom stereocenters. The van der Waals surface area contributed by atoms with Crippen LogP contribution in [0.2, 0.25) is 0 Å². The molecule has 3 heterocycles. The number of Topliss-reactive ketones (excluding diaryl/α,β-unsaturated/α-hetero) is 2. The number of aromatic nitrogens is 1. The highest BCUT2D eigenvalue weighted by molar-refractivity contribution is 6.26. The molecule has 0 spiro atoms. The Morgan fingerprint density at radius 3 is 2.78 bits per heavy atom. The number of allylic oxidation sites excluding steroid dienone is 2. The summed E-state index contributed by atoms with van der Waals surface area (Å²) in [5.41, 5.74) is 7.33. The number of ketones is 2. The minimum atomic E-state index is -0.926. The number of carbonyl (C=O) groups is 3. The molecule has 1 amide bonds. The van der Waals surface area contributed by atoms with Gasteiger partial charge in [0.15, 0.2) is 5.76 Å². The van der Waals surface area contributed by atoms with Crippen molar-refractivity contribution >= 4 is 17.7 Å². The number of rotatable bonds is 3. The zero-order valence-corrected chi connectivity index (χ0v) is 12.6. The topological polar surface area (TPSA) is 123 Å². The monoisotopic (exact) mass is 317 g/mol.